The number of amidine groups is 1. The number of nitrogens with one attached hydrogen (secondary N) is 1. The third-order valence-corrected chi connectivity index (χ3v) is 10.1. The van der Waals surface area contributed by atoms with Gasteiger partial charge in [-0.15, -0.1) is 0 Å². The van der Waals surface area contributed by atoms with E-state index in [1.807, 2.05) is 46.8 Å². The number of unbranched alkanes of at least 4 members (excludes halogenated alkanes) is 2. The van der Waals surface area contributed by atoms with Crippen molar-refractivity contribution in [2.45, 2.75) is 147 Å². The van der Waals surface area contributed by atoms with Gasteiger partial charge in [-0.3, -0.25) is 9.83 Å². The molecule has 2 atom stereocenters. The van der Waals surface area contributed by atoms with Gasteiger partial charge < -0.3 is 20.9 Å². The highest BCUT2D eigenvalue weighted by Gasteiger charge is 2.54. The molecule has 1 amide bonds. The molecule has 0 radical (unpaired) electrons. The molecule has 43 heavy (non-hydrogen) atoms. The molecule has 1 aromatic rings. The Hall–Kier alpha value is -1.59. The normalized spacial score (nSPS) is 18.0. The van der Waals surface area contributed by atoms with Crippen molar-refractivity contribution in [3.05, 3.63) is 29.3 Å². The number of hydroxylamine groups is 1. The van der Waals surface area contributed by atoms with Crippen LogP contribution in [-0.2, 0) is 16.0 Å². The SMILES string of the molecule is CC.CCCCC(I)(CCCC)[C@@](C)(ONC(=O)OC(C)(C)C)C1CCc2cc(C(N)=NC)ccc2O1.NCCC1CC1. The molecule has 0 bridgehead atoms. The third-order valence-electron chi connectivity index (χ3n) is 7.92. The van der Waals surface area contributed by atoms with E-state index in [4.69, 9.17) is 25.8 Å². The van der Waals surface area contributed by atoms with Gasteiger partial charge in [-0.05, 0) is 96.0 Å². The number of carbonyl (C=O) groups is 1. The molecular formula is C34H61IN4O4. The molecule has 0 aromatic heterocycles. The first-order valence-corrected chi connectivity index (χ1v) is 17.5. The molecule has 3 rings (SSSR count). The topological polar surface area (TPSA) is 121 Å². The van der Waals surface area contributed by atoms with Crippen LogP contribution in [0.5, 0.6) is 5.75 Å². The molecule has 9 heteroatoms. The number of fused-ring (bicyclic) bond motifs is 1. The summed E-state index contributed by atoms with van der Waals surface area (Å²) in [7, 11) is 1.69. The number of nitrogens with zero attached hydrogens (tertiary/aromatic N) is 1. The average Bonchev–Trinajstić information content (AvgIpc) is 3.81. The highest BCUT2D eigenvalue weighted by atomic mass is 127. The van der Waals surface area contributed by atoms with Crippen molar-refractivity contribution < 1.29 is 19.1 Å². The van der Waals surface area contributed by atoms with Crippen molar-refractivity contribution >= 4 is 34.5 Å². The van der Waals surface area contributed by atoms with E-state index in [2.05, 4.69) is 59.9 Å². The van der Waals surface area contributed by atoms with Gasteiger partial charge in [0.1, 0.15) is 28.9 Å². The molecule has 5 N–H and O–H groups in total. The predicted molar refractivity (Wildman–Crippen MR) is 188 cm³/mol. The number of hydrogen-bond acceptors (Lipinski definition) is 6. The zero-order valence-corrected chi connectivity index (χ0v) is 30.6. The first-order chi connectivity index (χ1) is 20.3. The van der Waals surface area contributed by atoms with Gasteiger partial charge in [0.25, 0.3) is 0 Å². The number of rotatable bonds is 13. The number of nitrogens with two attached hydrogens (primary N) is 2. The maximum Gasteiger partial charge on any atom is 0.431 e. The van der Waals surface area contributed by atoms with Gasteiger partial charge in [-0.1, -0.05) is 88.8 Å². The summed E-state index contributed by atoms with van der Waals surface area (Å²) >= 11 is 2.57. The van der Waals surface area contributed by atoms with E-state index in [9.17, 15) is 4.79 Å². The first kappa shape index (κ1) is 39.4. The van der Waals surface area contributed by atoms with E-state index in [0.717, 1.165) is 80.7 Å². The Balaban J connectivity index is 0.00000101. The number of aryl methyl sites for hydroxylation is 1. The Labute approximate surface area is 275 Å². The number of benzene rings is 1. The second-order valence-electron chi connectivity index (χ2n) is 12.6. The van der Waals surface area contributed by atoms with Gasteiger partial charge in [0.05, 0.1) is 3.42 Å². The van der Waals surface area contributed by atoms with Crippen molar-refractivity contribution in [2.24, 2.45) is 22.4 Å². The van der Waals surface area contributed by atoms with Gasteiger partial charge in [0, 0.05) is 12.6 Å². The fourth-order valence-electron chi connectivity index (χ4n) is 5.13. The number of aliphatic imine (C=N–C) groups is 1. The summed E-state index contributed by atoms with van der Waals surface area (Å²) in [6, 6.07) is 5.95. The Bertz CT molecular complexity index is 985. The summed E-state index contributed by atoms with van der Waals surface area (Å²) < 4.78 is 11.8. The van der Waals surface area contributed by atoms with Crippen LogP contribution < -0.4 is 21.7 Å². The van der Waals surface area contributed by atoms with Gasteiger partial charge >= 0.3 is 6.09 Å². The highest BCUT2D eigenvalue weighted by molar-refractivity contribution is 14.1. The monoisotopic (exact) mass is 716 g/mol. The zero-order chi connectivity index (χ0) is 32.7. The Kier molecular flexibility index (Phi) is 17.5. The number of halogens is 1. The molecule has 1 saturated carbocycles. The quantitative estimate of drug-likeness (QED) is 0.0622. The second kappa shape index (κ2) is 19.0. The molecule has 1 aromatic carbocycles. The van der Waals surface area contributed by atoms with Gasteiger partial charge in [-0.2, -0.15) is 5.48 Å². The van der Waals surface area contributed by atoms with Crippen LogP contribution in [-0.4, -0.2) is 46.2 Å². The Morgan fingerprint density at radius 3 is 2.16 bits per heavy atom. The Morgan fingerprint density at radius 2 is 1.70 bits per heavy atom. The fraction of sp³-hybridized carbons (Fsp3) is 0.765. The van der Waals surface area contributed by atoms with Crippen molar-refractivity contribution in [3.8, 4) is 5.75 Å². The number of ether oxygens (including phenoxy) is 2. The minimum absolute atomic E-state index is 0.243. The number of alkyl halides is 1. The van der Waals surface area contributed by atoms with Gasteiger partial charge in [0.2, 0.25) is 0 Å². The zero-order valence-electron chi connectivity index (χ0n) is 28.5. The lowest BCUT2D eigenvalue weighted by Crippen LogP contribution is -2.62. The molecule has 248 valence electrons. The van der Waals surface area contributed by atoms with Crippen LogP contribution >= 0.6 is 22.6 Å². The molecule has 0 spiro atoms. The largest absolute Gasteiger partial charge is 0.487 e. The highest BCUT2D eigenvalue weighted by Crippen LogP contribution is 2.48. The van der Waals surface area contributed by atoms with Crippen molar-refractivity contribution in [1.82, 2.24) is 5.48 Å². The van der Waals surface area contributed by atoms with Crippen LogP contribution in [0.15, 0.2) is 23.2 Å². The van der Waals surface area contributed by atoms with Crippen LogP contribution in [0.4, 0.5) is 4.79 Å². The maximum absolute atomic E-state index is 12.5. The molecule has 8 nitrogen and oxygen atoms in total. The summed E-state index contributed by atoms with van der Waals surface area (Å²) in [5.74, 6) is 2.36. The minimum atomic E-state index is -0.783. The minimum Gasteiger partial charge on any atom is -0.487 e. The molecule has 1 heterocycles. The van der Waals surface area contributed by atoms with Gasteiger partial charge in [0.15, 0.2) is 0 Å². The lowest BCUT2D eigenvalue weighted by Gasteiger charge is -2.49. The van der Waals surface area contributed by atoms with Crippen LogP contribution in [0.1, 0.15) is 131 Å². The first-order valence-electron chi connectivity index (χ1n) is 16.4. The lowest BCUT2D eigenvalue weighted by molar-refractivity contribution is -0.166. The van der Waals surface area contributed by atoms with E-state index in [1.54, 1.807) is 7.05 Å². The smallest absolute Gasteiger partial charge is 0.431 e. The molecule has 1 aliphatic heterocycles. The van der Waals surface area contributed by atoms with Crippen molar-refractivity contribution in [2.75, 3.05) is 13.6 Å². The van der Waals surface area contributed by atoms with Crippen LogP contribution in [0.2, 0.25) is 0 Å². The molecule has 1 aliphatic carbocycles. The summed E-state index contributed by atoms with van der Waals surface area (Å²) in [4.78, 5) is 23.0. The van der Waals surface area contributed by atoms with Crippen molar-refractivity contribution in [1.29, 1.82) is 0 Å². The summed E-state index contributed by atoms with van der Waals surface area (Å²) in [5.41, 5.74) is 14.5. The number of amides is 1. The van der Waals surface area contributed by atoms with Crippen LogP contribution in [0, 0.1) is 5.92 Å². The van der Waals surface area contributed by atoms with Gasteiger partial charge in [-0.25, -0.2) is 4.79 Å². The molecular weight excluding hydrogens is 655 g/mol. The van der Waals surface area contributed by atoms with E-state index in [-0.39, 0.29) is 9.53 Å². The summed E-state index contributed by atoms with van der Waals surface area (Å²) in [5, 5.41) is 0. The predicted octanol–water partition coefficient (Wildman–Crippen LogP) is 8.26. The number of hydrogen-bond donors (Lipinski definition) is 3. The summed E-state index contributed by atoms with van der Waals surface area (Å²) in [6.07, 6.45) is 11.1. The standard InChI is InChI=1S/C27H44IN3O4.C5H11N.C2H6/c1-8-10-16-27(28,17-11-9-2)26(6,35-31-24(32)34-25(3,4)5)22-15-13-19-18-20(23(29)30-7)12-14-21(19)33-22;6-4-3-5-1-2-5;1-2/h12,14,18,22H,8-11,13,15-17H2,1-7H3,(H2,29,30)(H,31,32);5H,1-4,6H2;1-2H3/t22?,26-;;/m0../s1. The van der Waals surface area contributed by atoms with E-state index >= 15 is 0 Å². The molecule has 1 fully saturated rings. The number of carbonyl (C=O) groups excluding carboxylic acids is 1. The van der Waals surface area contributed by atoms with E-state index in [0.29, 0.717) is 5.84 Å². The van der Waals surface area contributed by atoms with E-state index < -0.39 is 17.3 Å². The van der Waals surface area contributed by atoms with Crippen LogP contribution in [0.3, 0.4) is 0 Å². The molecule has 0 saturated heterocycles. The van der Waals surface area contributed by atoms with Crippen LogP contribution in [0.25, 0.3) is 0 Å². The van der Waals surface area contributed by atoms with Crippen molar-refractivity contribution in [3.63, 3.8) is 0 Å². The maximum atomic E-state index is 12.5. The third kappa shape index (κ3) is 12.7. The summed E-state index contributed by atoms with van der Waals surface area (Å²) in [6.45, 7) is 16.9. The molecule has 2 aliphatic rings. The average molecular weight is 717 g/mol. The lowest BCUT2D eigenvalue weighted by atomic mass is 9.75. The van der Waals surface area contributed by atoms with E-state index in [1.165, 1.54) is 19.3 Å². The second-order valence-corrected chi connectivity index (χ2v) is 14.6. The Morgan fingerprint density at radius 1 is 1.09 bits per heavy atom. The fourth-order valence-corrected chi connectivity index (χ4v) is 6.35. The molecule has 1 unspecified atom stereocenters.